The van der Waals surface area contributed by atoms with Crippen LogP contribution < -0.4 is 11.3 Å². The van der Waals surface area contributed by atoms with Gasteiger partial charge in [0.2, 0.25) is 5.82 Å². The minimum absolute atomic E-state index is 0.0106. The van der Waals surface area contributed by atoms with Crippen molar-refractivity contribution in [1.29, 1.82) is 0 Å². The van der Waals surface area contributed by atoms with Crippen LogP contribution in [-0.2, 0) is 6.18 Å². The molecule has 0 aromatic carbocycles. The lowest BCUT2D eigenvalue weighted by molar-refractivity contribution is -0.144. The Balaban J connectivity index is 2.78. The second-order valence-corrected chi connectivity index (χ2v) is 3.84. The molecule has 2 aromatic heterocycles. The number of nitrogens with zero attached hydrogens (tertiary/aromatic N) is 1. The summed E-state index contributed by atoms with van der Waals surface area (Å²) in [4.78, 5) is 16.2. The molecule has 2 heterocycles. The van der Waals surface area contributed by atoms with Gasteiger partial charge < -0.3 is 10.7 Å². The zero-order valence-electron chi connectivity index (χ0n) is 7.05. The molecule has 3 N–H and O–H groups in total. The van der Waals surface area contributed by atoms with E-state index in [4.69, 9.17) is 5.73 Å². The van der Waals surface area contributed by atoms with E-state index in [1.54, 1.807) is 4.98 Å². The van der Waals surface area contributed by atoms with Crippen LogP contribution in [0.2, 0.25) is 0 Å². The number of nitrogens with two attached hydrogens (primary N) is 1. The first-order chi connectivity index (χ1) is 6.88. The Hall–Kier alpha value is -1.57. The highest BCUT2D eigenvalue weighted by Gasteiger charge is 2.34. The van der Waals surface area contributed by atoms with Crippen LogP contribution >= 0.6 is 11.3 Å². The number of thiophene rings is 1. The summed E-state index contributed by atoms with van der Waals surface area (Å²) in [5.74, 6) is -1.30. The van der Waals surface area contributed by atoms with Crippen molar-refractivity contribution in [2.24, 2.45) is 0 Å². The van der Waals surface area contributed by atoms with E-state index in [2.05, 4.69) is 4.98 Å². The highest BCUT2D eigenvalue weighted by molar-refractivity contribution is 7.22. The molecule has 0 aliphatic rings. The fraction of sp³-hybridized carbons (Fsp3) is 0.143. The van der Waals surface area contributed by atoms with Gasteiger partial charge in [-0.15, -0.1) is 0 Å². The minimum Gasteiger partial charge on any atom is -0.391 e. The van der Waals surface area contributed by atoms with Crippen LogP contribution in [0.4, 0.5) is 18.2 Å². The number of hydrogen-bond acceptors (Lipinski definition) is 4. The van der Waals surface area contributed by atoms with Crippen LogP contribution in [0.15, 0.2) is 10.9 Å². The normalized spacial score (nSPS) is 12.2. The molecule has 0 radical (unpaired) electrons. The van der Waals surface area contributed by atoms with Gasteiger partial charge in [-0.05, 0) is 6.07 Å². The van der Waals surface area contributed by atoms with Crippen molar-refractivity contribution in [3.05, 3.63) is 22.2 Å². The summed E-state index contributed by atoms with van der Waals surface area (Å²) in [5, 5.41) is 0.327. The molecule has 0 spiro atoms. The molecule has 0 unspecified atom stereocenters. The largest absolute Gasteiger partial charge is 0.449 e. The zero-order valence-corrected chi connectivity index (χ0v) is 7.87. The van der Waals surface area contributed by atoms with Gasteiger partial charge in [0.05, 0.1) is 10.4 Å². The molecule has 0 saturated heterocycles. The van der Waals surface area contributed by atoms with E-state index in [0.717, 1.165) is 11.3 Å². The number of aromatic amines is 1. The fourth-order valence-corrected chi connectivity index (χ4v) is 1.88. The third kappa shape index (κ3) is 1.67. The molecule has 0 atom stereocenters. The van der Waals surface area contributed by atoms with Crippen LogP contribution in [0, 0.1) is 0 Å². The molecule has 0 aliphatic heterocycles. The van der Waals surface area contributed by atoms with Crippen LogP contribution in [0.3, 0.4) is 0 Å². The van der Waals surface area contributed by atoms with E-state index in [-0.39, 0.29) is 15.2 Å². The molecule has 8 heteroatoms. The number of halogens is 3. The highest BCUT2D eigenvalue weighted by atomic mass is 32.1. The van der Waals surface area contributed by atoms with E-state index in [9.17, 15) is 18.0 Å². The molecule has 15 heavy (non-hydrogen) atoms. The van der Waals surface area contributed by atoms with E-state index >= 15 is 0 Å². The standard InChI is InChI=1S/C7H4F3N3OS/c8-7(9,10)6-12-4(14)2-1-3(11)15-5(2)13-6/h1H,11H2,(H,12,13,14). The summed E-state index contributed by atoms with van der Waals surface area (Å²) in [5.41, 5.74) is 4.53. The number of fused-ring (bicyclic) bond motifs is 1. The maximum absolute atomic E-state index is 12.2. The predicted octanol–water partition coefficient (Wildman–Crippen LogP) is 1.59. The number of rotatable bonds is 0. The monoisotopic (exact) mass is 235 g/mol. The Morgan fingerprint density at radius 3 is 2.73 bits per heavy atom. The lowest BCUT2D eigenvalue weighted by Crippen LogP contribution is -2.18. The van der Waals surface area contributed by atoms with Gasteiger partial charge in [-0.25, -0.2) is 4.98 Å². The van der Waals surface area contributed by atoms with E-state index < -0.39 is 17.6 Å². The fourth-order valence-electron chi connectivity index (χ4n) is 1.08. The van der Waals surface area contributed by atoms with Gasteiger partial charge in [0.25, 0.3) is 5.56 Å². The molecule has 0 aliphatic carbocycles. The number of anilines is 1. The summed E-state index contributed by atoms with van der Waals surface area (Å²) in [6.45, 7) is 0. The number of hydrogen-bond donors (Lipinski definition) is 2. The zero-order chi connectivity index (χ0) is 11.2. The van der Waals surface area contributed by atoms with E-state index in [0.29, 0.717) is 0 Å². The first-order valence-electron chi connectivity index (χ1n) is 3.74. The van der Waals surface area contributed by atoms with Crippen LogP contribution in [0.1, 0.15) is 5.82 Å². The van der Waals surface area contributed by atoms with Gasteiger partial charge in [-0.3, -0.25) is 4.79 Å². The summed E-state index contributed by atoms with van der Waals surface area (Å²) in [6.07, 6.45) is -4.66. The van der Waals surface area contributed by atoms with Gasteiger partial charge in [-0.2, -0.15) is 13.2 Å². The average molecular weight is 235 g/mol. The average Bonchev–Trinajstić information content (AvgIpc) is 2.44. The number of aromatic nitrogens is 2. The molecular weight excluding hydrogens is 231 g/mol. The van der Waals surface area contributed by atoms with Crippen molar-refractivity contribution in [3.63, 3.8) is 0 Å². The van der Waals surface area contributed by atoms with Gasteiger partial charge in [0.1, 0.15) is 4.83 Å². The summed E-state index contributed by atoms with van der Waals surface area (Å²) < 4.78 is 36.7. The van der Waals surface area contributed by atoms with Crippen molar-refractivity contribution in [1.82, 2.24) is 9.97 Å². The van der Waals surface area contributed by atoms with Crippen molar-refractivity contribution in [3.8, 4) is 0 Å². The van der Waals surface area contributed by atoms with Gasteiger partial charge in [-0.1, -0.05) is 11.3 Å². The molecule has 0 amide bonds. The summed E-state index contributed by atoms with van der Waals surface area (Å²) >= 11 is 0.843. The van der Waals surface area contributed by atoms with Gasteiger partial charge in [0.15, 0.2) is 0 Å². The Morgan fingerprint density at radius 1 is 1.47 bits per heavy atom. The van der Waals surface area contributed by atoms with Crippen molar-refractivity contribution < 1.29 is 13.2 Å². The molecule has 0 saturated carbocycles. The predicted molar refractivity (Wildman–Crippen MR) is 49.7 cm³/mol. The van der Waals surface area contributed by atoms with Crippen LogP contribution in [0.25, 0.3) is 10.2 Å². The molecule has 0 bridgehead atoms. The van der Waals surface area contributed by atoms with E-state index in [1.165, 1.54) is 6.07 Å². The van der Waals surface area contributed by atoms with Crippen molar-refractivity contribution >= 4 is 26.6 Å². The second kappa shape index (κ2) is 2.96. The molecule has 0 fully saturated rings. The molecule has 4 nitrogen and oxygen atoms in total. The maximum atomic E-state index is 12.2. The van der Waals surface area contributed by atoms with E-state index in [1.807, 2.05) is 0 Å². The lowest BCUT2D eigenvalue weighted by atomic mass is 10.4. The van der Waals surface area contributed by atoms with Crippen molar-refractivity contribution in [2.75, 3.05) is 5.73 Å². The Morgan fingerprint density at radius 2 is 2.13 bits per heavy atom. The third-order valence-electron chi connectivity index (χ3n) is 1.69. The van der Waals surface area contributed by atoms with Gasteiger partial charge >= 0.3 is 6.18 Å². The molecule has 2 rings (SSSR count). The lowest BCUT2D eigenvalue weighted by Gasteiger charge is -2.03. The number of H-pyrrole nitrogens is 1. The highest BCUT2D eigenvalue weighted by Crippen LogP contribution is 2.28. The molecule has 2 aromatic rings. The molecule has 80 valence electrons. The third-order valence-corrected chi connectivity index (χ3v) is 2.55. The Bertz CT molecular complexity index is 571. The Labute approximate surface area is 84.6 Å². The van der Waals surface area contributed by atoms with Crippen molar-refractivity contribution in [2.45, 2.75) is 6.18 Å². The smallest absolute Gasteiger partial charge is 0.391 e. The van der Waals surface area contributed by atoms with Gasteiger partial charge in [0, 0.05) is 0 Å². The Kier molecular flexibility index (Phi) is 1.97. The summed E-state index contributed by atoms with van der Waals surface area (Å²) in [7, 11) is 0. The number of nitrogen functional groups attached to an aromatic ring is 1. The molecular formula is C7H4F3N3OS. The topological polar surface area (TPSA) is 71.8 Å². The number of nitrogens with one attached hydrogen (secondary N) is 1. The first-order valence-corrected chi connectivity index (χ1v) is 4.56. The summed E-state index contributed by atoms with van der Waals surface area (Å²) in [6, 6.07) is 1.30. The quantitative estimate of drug-likeness (QED) is 0.728. The van der Waals surface area contributed by atoms with Crippen LogP contribution in [0.5, 0.6) is 0 Å². The maximum Gasteiger partial charge on any atom is 0.449 e. The SMILES string of the molecule is Nc1cc2c(=O)[nH]c(C(F)(F)F)nc2s1. The van der Waals surface area contributed by atoms with Crippen LogP contribution in [-0.4, -0.2) is 9.97 Å². The minimum atomic E-state index is -4.66. The second-order valence-electron chi connectivity index (χ2n) is 2.78. The number of alkyl halides is 3. The first kappa shape index (κ1) is 9.97.